The van der Waals surface area contributed by atoms with Gasteiger partial charge in [0, 0.05) is 24.4 Å². The second-order valence-corrected chi connectivity index (χ2v) is 6.69. The van der Waals surface area contributed by atoms with Gasteiger partial charge in [-0.3, -0.25) is 0 Å². The van der Waals surface area contributed by atoms with Crippen molar-refractivity contribution in [2.45, 2.75) is 25.8 Å². The summed E-state index contributed by atoms with van der Waals surface area (Å²) in [5, 5.41) is 12.1. The van der Waals surface area contributed by atoms with Crippen LogP contribution in [-0.2, 0) is 6.54 Å². The van der Waals surface area contributed by atoms with Crippen LogP contribution < -0.4 is 5.32 Å². The topological polar surface area (TPSA) is 35.8 Å². The van der Waals surface area contributed by atoms with Gasteiger partial charge in [-0.15, -0.1) is 11.3 Å². The summed E-state index contributed by atoms with van der Waals surface area (Å²) in [6, 6.07) is 6.48. The zero-order chi connectivity index (χ0) is 10.7. The molecule has 2 nitrogen and oxygen atoms in total. The van der Waals surface area contributed by atoms with Gasteiger partial charge in [-0.05, 0) is 46.3 Å². The number of halogens is 1. The molecule has 1 aromatic rings. The molecule has 1 aromatic heterocycles. The standard InChI is InChI=1S/C11H13BrN2S/c12-10-2-1-9(15-10)7-14-8-11(3-4-11)5-6-13/h1-2,14H,3-5,7-8H2. The van der Waals surface area contributed by atoms with Crippen molar-refractivity contribution in [1.29, 1.82) is 5.26 Å². The Hall–Kier alpha value is -0.370. The first-order chi connectivity index (χ1) is 7.24. The van der Waals surface area contributed by atoms with Crippen LogP contribution in [0.4, 0.5) is 0 Å². The molecular weight excluding hydrogens is 272 g/mol. The molecule has 4 heteroatoms. The van der Waals surface area contributed by atoms with E-state index in [4.69, 9.17) is 5.26 Å². The Balaban J connectivity index is 1.74. The minimum Gasteiger partial charge on any atom is -0.311 e. The first-order valence-corrected chi connectivity index (χ1v) is 6.67. The Bertz CT molecular complexity index is 376. The molecule has 0 saturated heterocycles. The lowest BCUT2D eigenvalue weighted by atomic mass is 10.0. The van der Waals surface area contributed by atoms with Gasteiger partial charge in [-0.1, -0.05) is 0 Å². The van der Waals surface area contributed by atoms with E-state index in [1.165, 1.54) is 21.5 Å². The van der Waals surface area contributed by atoms with Crippen LogP contribution in [0, 0.1) is 16.7 Å². The van der Waals surface area contributed by atoms with Crippen molar-refractivity contribution in [3.8, 4) is 6.07 Å². The Morgan fingerprint density at radius 1 is 1.53 bits per heavy atom. The van der Waals surface area contributed by atoms with Crippen molar-refractivity contribution < 1.29 is 0 Å². The molecule has 1 aliphatic rings. The Morgan fingerprint density at radius 2 is 2.33 bits per heavy atom. The quantitative estimate of drug-likeness (QED) is 0.901. The van der Waals surface area contributed by atoms with Crippen molar-refractivity contribution >= 4 is 27.3 Å². The zero-order valence-corrected chi connectivity index (χ0v) is 10.8. The minimum absolute atomic E-state index is 0.309. The number of hydrogen-bond acceptors (Lipinski definition) is 3. The van der Waals surface area contributed by atoms with E-state index < -0.39 is 0 Å². The molecule has 1 N–H and O–H groups in total. The van der Waals surface area contributed by atoms with Crippen molar-refractivity contribution in [3.05, 3.63) is 20.8 Å². The summed E-state index contributed by atoms with van der Waals surface area (Å²) in [4.78, 5) is 1.34. The minimum atomic E-state index is 0.309. The number of rotatable bonds is 5. The van der Waals surface area contributed by atoms with Crippen LogP contribution in [0.3, 0.4) is 0 Å². The van der Waals surface area contributed by atoms with Crippen molar-refractivity contribution in [3.63, 3.8) is 0 Å². The molecule has 0 radical (unpaired) electrons. The molecule has 1 heterocycles. The van der Waals surface area contributed by atoms with Crippen LogP contribution in [0.15, 0.2) is 15.9 Å². The first-order valence-electron chi connectivity index (χ1n) is 5.06. The monoisotopic (exact) mass is 284 g/mol. The summed E-state index contributed by atoms with van der Waals surface area (Å²) in [6.45, 7) is 1.90. The molecule has 0 aromatic carbocycles. The van der Waals surface area contributed by atoms with Gasteiger partial charge in [-0.2, -0.15) is 5.26 Å². The molecule has 0 amide bonds. The van der Waals surface area contributed by atoms with Crippen molar-refractivity contribution in [1.82, 2.24) is 5.32 Å². The molecule has 1 aliphatic carbocycles. The molecular formula is C11H13BrN2S. The maximum absolute atomic E-state index is 8.68. The summed E-state index contributed by atoms with van der Waals surface area (Å²) < 4.78 is 1.18. The second-order valence-electron chi connectivity index (χ2n) is 4.14. The van der Waals surface area contributed by atoms with Crippen LogP contribution in [-0.4, -0.2) is 6.54 Å². The largest absolute Gasteiger partial charge is 0.311 e. The average Bonchev–Trinajstić information content (AvgIpc) is 2.83. The summed E-state index contributed by atoms with van der Waals surface area (Å²) in [5.41, 5.74) is 0.309. The normalized spacial score (nSPS) is 17.3. The summed E-state index contributed by atoms with van der Waals surface area (Å²) in [6.07, 6.45) is 3.12. The van der Waals surface area contributed by atoms with E-state index in [0.717, 1.165) is 13.1 Å². The highest BCUT2D eigenvalue weighted by Crippen LogP contribution is 2.47. The second kappa shape index (κ2) is 4.65. The van der Waals surface area contributed by atoms with E-state index in [-0.39, 0.29) is 0 Å². The lowest BCUT2D eigenvalue weighted by molar-refractivity contribution is 0.468. The summed E-state index contributed by atoms with van der Waals surface area (Å²) >= 11 is 5.21. The average molecular weight is 285 g/mol. The van der Waals surface area contributed by atoms with Gasteiger partial charge in [0.15, 0.2) is 0 Å². The van der Waals surface area contributed by atoms with Crippen LogP contribution >= 0.6 is 27.3 Å². The SMILES string of the molecule is N#CCC1(CNCc2ccc(Br)s2)CC1. The molecule has 15 heavy (non-hydrogen) atoms. The van der Waals surface area contributed by atoms with Gasteiger partial charge in [-0.25, -0.2) is 0 Å². The number of nitrogens with one attached hydrogen (secondary N) is 1. The third-order valence-electron chi connectivity index (χ3n) is 2.84. The maximum Gasteiger partial charge on any atom is 0.0701 e. The van der Waals surface area contributed by atoms with Crippen LogP contribution in [0.2, 0.25) is 0 Å². The predicted molar refractivity (Wildman–Crippen MR) is 65.6 cm³/mol. The van der Waals surface area contributed by atoms with Crippen molar-refractivity contribution in [2.75, 3.05) is 6.54 Å². The third-order valence-corrected chi connectivity index (χ3v) is 4.46. The molecule has 1 saturated carbocycles. The lowest BCUT2D eigenvalue weighted by Gasteiger charge is -2.11. The Morgan fingerprint density at radius 3 is 2.87 bits per heavy atom. The van der Waals surface area contributed by atoms with E-state index >= 15 is 0 Å². The van der Waals surface area contributed by atoms with Crippen LogP contribution in [0.25, 0.3) is 0 Å². The molecule has 0 spiro atoms. The van der Waals surface area contributed by atoms with Gasteiger partial charge >= 0.3 is 0 Å². The van der Waals surface area contributed by atoms with E-state index in [1.807, 2.05) is 0 Å². The number of nitriles is 1. The summed E-state index contributed by atoms with van der Waals surface area (Å²) in [5.74, 6) is 0. The van der Waals surface area contributed by atoms with Gasteiger partial charge in [0.2, 0.25) is 0 Å². The third kappa shape index (κ3) is 3.04. The molecule has 0 unspecified atom stereocenters. The predicted octanol–water partition coefficient (Wildman–Crippen LogP) is 3.29. The van der Waals surface area contributed by atoms with E-state index in [1.54, 1.807) is 11.3 Å². The molecule has 1 fully saturated rings. The fourth-order valence-corrected chi connectivity index (χ4v) is 3.11. The molecule has 0 aliphatic heterocycles. The van der Waals surface area contributed by atoms with E-state index in [9.17, 15) is 0 Å². The highest BCUT2D eigenvalue weighted by molar-refractivity contribution is 9.11. The van der Waals surface area contributed by atoms with E-state index in [2.05, 4.69) is 39.4 Å². The molecule has 2 rings (SSSR count). The van der Waals surface area contributed by atoms with E-state index in [0.29, 0.717) is 11.8 Å². The Labute approximate surface area is 102 Å². The highest BCUT2D eigenvalue weighted by atomic mass is 79.9. The highest BCUT2D eigenvalue weighted by Gasteiger charge is 2.41. The van der Waals surface area contributed by atoms with Gasteiger partial charge < -0.3 is 5.32 Å². The number of hydrogen-bond donors (Lipinski definition) is 1. The number of thiophene rings is 1. The van der Waals surface area contributed by atoms with Crippen LogP contribution in [0.1, 0.15) is 24.1 Å². The van der Waals surface area contributed by atoms with Gasteiger partial charge in [0.05, 0.1) is 9.86 Å². The molecule has 80 valence electrons. The summed E-state index contributed by atoms with van der Waals surface area (Å²) in [7, 11) is 0. The fraction of sp³-hybridized carbons (Fsp3) is 0.545. The number of nitrogens with zero attached hydrogens (tertiary/aromatic N) is 1. The van der Waals surface area contributed by atoms with Gasteiger partial charge in [0.25, 0.3) is 0 Å². The zero-order valence-electron chi connectivity index (χ0n) is 8.42. The Kier molecular flexibility index (Phi) is 3.45. The van der Waals surface area contributed by atoms with Crippen molar-refractivity contribution in [2.24, 2.45) is 5.41 Å². The van der Waals surface area contributed by atoms with Gasteiger partial charge in [0.1, 0.15) is 0 Å². The lowest BCUT2D eigenvalue weighted by Crippen LogP contribution is -2.22. The molecule has 0 atom stereocenters. The first kappa shape index (κ1) is 11.1. The fourth-order valence-electron chi connectivity index (χ4n) is 1.66. The molecule has 0 bridgehead atoms. The van der Waals surface area contributed by atoms with Crippen LogP contribution in [0.5, 0.6) is 0 Å². The smallest absolute Gasteiger partial charge is 0.0701 e. The maximum atomic E-state index is 8.68.